The van der Waals surface area contributed by atoms with Crippen LogP contribution in [0.25, 0.3) is 0 Å². The fraction of sp³-hybridized carbons (Fsp3) is 0.429. The van der Waals surface area contributed by atoms with Crippen molar-refractivity contribution in [3.63, 3.8) is 0 Å². The average Bonchev–Trinajstić information content (AvgIpc) is 2.79. The second-order valence-electron chi connectivity index (χ2n) is 5.03. The second-order valence-corrected chi connectivity index (χ2v) is 5.03. The zero-order chi connectivity index (χ0) is 14.8. The molecule has 1 unspecified atom stereocenters. The molecule has 2 N–H and O–H groups in total. The van der Waals surface area contributed by atoms with E-state index in [1.807, 2.05) is 0 Å². The molecule has 1 aromatic carbocycles. The molecule has 1 fully saturated rings. The van der Waals surface area contributed by atoms with Crippen molar-refractivity contribution in [2.75, 3.05) is 26.1 Å². The smallest absolute Gasteiger partial charge is 0.232 e. The molecule has 0 spiro atoms. The molecule has 6 heteroatoms. The molecule has 1 heterocycles. The van der Waals surface area contributed by atoms with Crippen LogP contribution >= 0.6 is 0 Å². The highest BCUT2D eigenvalue weighted by atomic mass is 16.5. The lowest BCUT2D eigenvalue weighted by Crippen LogP contribution is -2.35. The molecule has 1 aliphatic rings. The Balaban J connectivity index is 2.20. The van der Waals surface area contributed by atoms with E-state index in [9.17, 15) is 9.59 Å². The van der Waals surface area contributed by atoms with Gasteiger partial charge in [-0.25, -0.2) is 0 Å². The quantitative estimate of drug-likeness (QED) is 0.866. The summed E-state index contributed by atoms with van der Waals surface area (Å²) in [5.74, 6) is 0.828. The summed E-state index contributed by atoms with van der Waals surface area (Å²) in [6.07, 6.45) is 0.186. The molecule has 0 aliphatic carbocycles. The highest BCUT2D eigenvalue weighted by molar-refractivity contribution is 6.00. The first-order valence-corrected chi connectivity index (χ1v) is 6.29. The Morgan fingerprint density at radius 3 is 2.65 bits per heavy atom. The van der Waals surface area contributed by atoms with Crippen LogP contribution in [0.5, 0.6) is 11.5 Å². The molecule has 1 atom stereocenters. The number of benzene rings is 1. The summed E-state index contributed by atoms with van der Waals surface area (Å²) < 4.78 is 10.3. The van der Waals surface area contributed by atoms with Crippen LogP contribution in [0.2, 0.25) is 0 Å². The molecule has 108 valence electrons. The van der Waals surface area contributed by atoms with E-state index in [0.717, 1.165) is 0 Å². The minimum absolute atomic E-state index is 0.111. The number of ether oxygens (including phenoxy) is 2. The highest BCUT2D eigenvalue weighted by Gasteiger charge is 2.40. The lowest BCUT2D eigenvalue weighted by atomic mass is 9.88. The van der Waals surface area contributed by atoms with Crippen LogP contribution in [0, 0.1) is 5.41 Å². The van der Waals surface area contributed by atoms with Crippen molar-refractivity contribution in [1.82, 2.24) is 5.32 Å². The molecule has 1 saturated heterocycles. The Labute approximate surface area is 117 Å². The van der Waals surface area contributed by atoms with Crippen molar-refractivity contribution >= 4 is 17.5 Å². The van der Waals surface area contributed by atoms with Crippen LogP contribution in [0.15, 0.2) is 18.2 Å². The molecule has 0 bridgehead atoms. The van der Waals surface area contributed by atoms with Crippen LogP contribution in [0.4, 0.5) is 5.69 Å². The van der Waals surface area contributed by atoms with Gasteiger partial charge in [-0.1, -0.05) is 0 Å². The molecule has 2 amide bonds. The molecule has 0 radical (unpaired) electrons. The minimum Gasteiger partial charge on any atom is -0.497 e. The van der Waals surface area contributed by atoms with E-state index >= 15 is 0 Å². The first-order chi connectivity index (χ1) is 9.48. The number of methoxy groups -OCH3 is 2. The van der Waals surface area contributed by atoms with Gasteiger partial charge in [-0.15, -0.1) is 0 Å². The van der Waals surface area contributed by atoms with Gasteiger partial charge in [0.2, 0.25) is 11.8 Å². The number of carbonyl (C=O) groups is 2. The lowest BCUT2D eigenvalue weighted by molar-refractivity contribution is -0.126. The summed E-state index contributed by atoms with van der Waals surface area (Å²) in [4.78, 5) is 23.7. The molecule has 6 nitrogen and oxygen atoms in total. The molecule has 2 rings (SSSR count). The highest BCUT2D eigenvalue weighted by Crippen LogP contribution is 2.32. The second kappa shape index (κ2) is 5.40. The summed E-state index contributed by atoms with van der Waals surface area (Å²) in [6, 6.07) is 5.15. The number of hydrogen-bond acceptors (Lipinski definition) is 4. The number of rotatable bonds is 4. The zero-order valence-corrected chi connectivity index (χ0v) is 11.8. The van der Waals surface area contributed by atoms with E-state index in [2.05, 4.69) is 10.6 Å². The average molecular weight is 278 g/mol. The van der Waals surface area contributed by atoms with Crippen LogP contribution in [-0.2, 0) is 9.59 Å². The number of anilines is 1. The first-order valence-electron chi connectivity index (χ1n) is 6.29. The normalized spacial score (nSPS) is 21.2. The Kier molecular flexibility index (Phi) is 3.83. The van der Waals surface area contributed by atoms with Crippen molar-refractivity contribution in [3.8, 4) is 11.5 Å². The van der Waals surface area contributed by atoms with Crippen LogP contribution in [0.3, 0.4) is 0 Å². The Hall–Kier alpha value is -2.24. The Morgan fingerprint density at radius 1 is 1.35 bits per heavy atom. The maximum atomic E-state index is 12.4. The summed E-state index contributed by atoms with van der Waals surface area (Å²) in [5.41, 5.74) is -0.219. The molecule has 0 aromatic heterocycles. The lowest BCUT2D eigenvalue weighted by Gasteiger charge is -2.21. The molecule has 20 heavy (non-hydrogen) atoms. The molecule has 1 aliphatic heterocycles. The van der Waals surface area contributed by atoms with E-state index in [1.54, 1.807) is 32.2 Å². The van der Waals surface area contributed by atoms with Gasteiger partial charge in [-0.05, 0) is 19.1 Å². The van der Waals surface area contributed by atoms with Gasteiger partial charge in [-0.3, -0.25) is 9.59 Å². The van der Waals surface area contributed by atoms with Crippen LogP contribution in [-0.4, -0.2) is 32.6 Å². The maximum absolute atomic E-state index is 12.4. The fourth-order valence-corrected chi connectivity index (χ4v) is 2.12. The standard InChI is InChI=1S/C14H18N2O4/c1-14(7-12(17)15-8-14)13(18)16-10-6-9(19-2)4-5-11(10)20-3/h4-6H,7-8H2,1-3H3,(H,15,17)(H,16,18). The van der Waals surface area contributed by atoms with Gasteiger partial charge < -0.3 is 20.1 Å². The van der Waals surface area contributed by atoms with E-state index < -0.39 is 5.41 Å². The van der Waals surface area contributed by atoms with Gasteiger partial charge in [0, 0.05) is 19.0 Å². The fourth-order valence-electron chi connectivity index (χ4n) is 2.12. The summed E-state index contributed by atoms with van der Waals surface area (Å²) >= 11 is 0. The third-order valence-corrected chi connectivity index (χ3v) is 3.43. The van der Waals surface area contributed by atoms with Crippen LogP contribution in [0.1, 0.15) is 13.3 Å². The van der Waals surface area contributed by atoms with Gasteiger partial charge >= 0.3 is 0 Å². The molecule has 0 saturated carbocycles. The predicted octanol–water partition coefficient (Wildman–Crippen LogP) is 1.17. The van der Waals surface area contributed by atoms with Crippen LogP contribution < -0.4 is 20.1 Å². The summed E-state index contributed by atoms with van der Waals surface area (Å²) in [7, 11) is 3.08. The molecular weight excluding hydrogens is 260 g/mol. The van der Waals surface area contributed by atoms with E-state index in [0.29, 0.717) is 23.7 Å². The van der Waals surface area contributed by atoms with E-state index in [1.165, 1.54) is 7.11 Å². The number of carbonyl (C=O) groups excluding carboxylic acids is 2. The predicted molar refractivity (Wildman–Crippen MR) is 73.9 cm³/mol. The van der Waals surface area contributed by atoms with Crippen molar-refractivity contribution in [2.24, 2.45) is 5.41 Å². The topological polar surface area (TPSA) is 76.7 Å². The first kappa shape index (κ1) is 14.2. The third-order valence-electron chi connectivity index (χ3n) is 3.43. The van der Waals surface area contributed by atoms with E-state index in [-0.39, 0.29) is 18.2 Å². The van der Waals surface area contributed by atoms with Gasteiger partial charge in [0.05, 0.1) is 25.3 Å². The Bertz CT molecular complexity index is 544. The SMILES string of the molecule is COc1ccc(OC)c(NC(=O)C2(C)CNC(=O)C2)c1. The summed E-state index contributed by atoms with van der Waals surface area (Å²) in [5, 5.41) is 5.48. The van der Waals surface area contributed by atoms with Gasteiger partial charge in [0.15, 0.2) is 0 Å². The monoisotopic (exact) mass is 278 g/mol. The number of amides is 2. The van der Waals surface area contributed by atoms with Gasteiger partial charge in [-0.2, -0.15) is 0 Å². The molecule has 1 aromatic rings. The number of nitrogens with one attached hydrogen (secondary N) is 2. The van der Waals surface area contributed by atoms with Crippen molar-refractivity contribution in [2.45, 2.75) is 13.3 Å². The Morgan fingerprint density at radius 2 is 2.10 bits per heavy atom. The maximum Gasteiger partial charge on any atom is 0.232 e. The van der Waals surface area contributed by atoms with Crippen molar-refractivity contribution in [1.29, 1.82) is 0 Å². The van der Waals surface area contributed by atoms with Crippen molar-refractivity contribution < 1.29 is 19.1 Å². The largest absolute Gasteiger partial charge is 0.497 e. The van der Waals surface area contributed by atoms with Gasteiger partial charge in [0.25, 0.3) is 0 Å². The minimum atomic E-state index is -0.745. The number of hydrogen-bond donors (Lipinski definition) is 2. The van der Waals surface area contributed by atoms with Gasteiger partial charge in [0.1, 0.15) is 11.5 Å². The third kappa shape index (κ3) is 2.68. The van der Waals surface area contributed by atoms with E-state index in [4.69, 9.17) is 9.47 Å². The zero-order valence-electron chi connectivity index (χ0n) is 11.8. The molecular formula is C14H18N2O4. The summed E-state index contributed by atoms with van der Waals surface area (Å²) in [6.45, 7) is 2.09. The van der Waals surface area contributed by atoms with Crippen molar-refractivity contribution in [3.05, 3.63) is 18.2 Å².